The Morgan fingerprint density at radius 2 is 2.05 bits per heavy atom. The molecule has 1 aromatic rings. The van der Waals surface area contributed by atoms with Crippen LogP contribution in [-0.4, -0.2) is 68.1 Å². The van der Waals surface area contributed by atoms with Gasteiger partial charge in [0.05, 0.1) is 11.4 Å². The Morgan fingerprint density at radius 1 is 1.30 bits per heavy atom. The van der Waals surface area contributed by atoms with E-state index in [0.29, 0.717) is 35.9 Å². The maximum Gasteiger partial charge on any atom is 0.246 e. The molecule has 8 heteroatoms. The molecule has 1 fully saturated rings. The van der Waals surface area contributed by atoms with Gasteiger partial charge in [-0.25, -0.2) is 8.42 Å². The maximum absolute atomic E-state index is 12.8. The van der Waals surface area contributed by atoms with E-state index in [4.69, 9.17) is 0 Å². The average molecular weight is 301 g/mol. The van der Waals surface area contributed by atoms with Gasteiger partial charge in [0.15, 0.2) is 0 Å². The first-order chi connectivity index (χ1) is 9.46. The van der Waals surface area contributed by atoms with Crippen LogP contribution in [0.15, 0.2) is 4.90 Å². The number of H-pyrrole nitrogens is 1. The number of likely N-dealkylation sites (N-methyl/N-ethyl adjacent to an activating group) is 1. The average Bonchev–Trinajstić information content (AvgIpc) is 2.61. The van der Waals surface area contributed by atoms with Gasteiger partial charge < -0.3 is 10.2 Å². The molecule has 0 saturated carbocycles. The molecule has 7 nitrogen and oxygen atoms in total. The normalized spacial score (nSPS) is 19.1. The highest BCUT2D eigenvalue weighted by atomic mass is 32.2. The molecule has 0 radical (unpaired) electrons. The lowest BCUT2D eigenvalue weighted by atomic mass is 10.4. The highest BCUT2D eigenvalue weighted by molar-refractivity contribution is 7.89. The van der Waals surface area contributed by atoms with Crippen molar-refractivity contribution in [3.63, 3.8) is 0 Å². The van der Waals surface area contributed by atoms with E-state index in [1.54, 1.807) is 18.3 Å². The minimum Gasteiger partial charge on any atom is -0.314 e. The fraction of sp³-hybridized carbons (Fsp3) is 0.750. The van der Waals surface area contributed by atoms with Crippen LogP contribution in [0, 0.1) is 6.92 Å². The largest absolute Gasteiger partial charge is 0.314 e. The second kappa shape index (κ2) is 6.21. The molecule has 114 valence electrons. The molecule has 20 heavy (non-hydrogen) atoms. The van der Waals surface area contributed by atoms with E-state index in [1.165, 1.54) is 0 Å². The highest BCUT2D eigenvalue weighted by Gasteiger charge is 2.31. The monoisotopic (exact) mass is 301 g/mol. The van der Waals surface area contributed by atoms with Crippen molar-refractivity contribution >= 4 is 10.0 Å². The highest BCUT2D eigenvalue weighted by Crippen LogP contribution is 2.23. The predicted octanol–water partition coefficient (Wildman–Crippen LogP) is -0.236. The van der Waals surface area contributed by atoms with Crippen molar-refractivity contribution in [1.29, 1.82) is 0 Å². The van der Waals surface area contributed by atoms with E-state index >= 15 is 0 Å². The number of aromatic nitrogens is 2. The van der Waals surface area contributed by atoms with Crippen molar-refractivity contribution in [3.05, 3.63) is 11.4 Å². The summed E-state index contributed by atoms with van der Waals surface area (Å²) in [5, 5.41) is 9.85. The molecular formula is C12H23N5O2S. The number of aryl methyl sites for hydroxylation is 1. The maximum atomic E-state index is 12.8. The zero-order chi connectivity index (χ0) is 14.8. The molecule has 2 rings (SSSR count). The number of nitrogens with zero attached hydrogens (tertiary/aromatic N) is 3. The molecule has 0 atom stereocenters. The molecule has 1 aliphatic rings. The van der Waals surface area contributed by atoms with Gasteiger partial charge in [0.1, 0.15) is 4.90 Å². The van der Waals surface area contributed by atoms with Crippen molar-refractivity contribution in [2.24, 2.45) is 0 Å². The van der Waals surface area contributed by atoms with E-state index in [1.807, 2.05) is 7.05 Å². The summed E-state index contributed by atoms with van der Waals surface area (Å²) in [6.07, 6.45) is 0.855. The van der Waals surface area contributed by atoms with Gasteiger partial charge in [0.2, 0.25) is 10.0 Å². The molecular weight excluding hydrogens is 278 g/mol. The van der Waals surface area contributed by atoms with Crippen LogP contribution in [-0.2, 0) is 16.6 Å². The van der Waals surface area contributed by atoms with E-state index in [2.05, 4.69) is 20.4 Å². The number of aromatic amines is 1. The molecule has 0 amide bonds. The number of nitrogens with one attached hydrogen (secondary N) is 2. The minimum atomic E-state index is -3.48. The Balaban J connectivity index is 2.32. The van der Waals surface area contributed by atoms with E-state index in [9.17, 15) is 8.42 Å². The zero-order valence-corrected chi connectivity index (χ0v) is 13.1. The van der Waals surface area contributed by atoms with Crippen molar-refractivity contribution in [2.45, 2.75) is 24.8 Å². The first kappa shape index (κ1) is 15.4. The molecule has 1 aliphatic heterocycles. The third-order valence-electron chi connectivity index (χ3n) is 3.58. The van der Waals surface area contributed by atoms with Crippen molar-refractivity contribution in [2.75, 3.05) is 40.3 Å². The van der Waals surface area contributed by atoms with Gasteiger partial charge in [-0.1, -0.05) is 0 Å². The standard InChI is InChI=1S/C12H23N5O2S/c1-10-12(11(9-13-2)15-14-10)20(18,19)17-6-4-5-16(3)7-8-17/h13H,4-9H2,1-3H3,(H,14,15). The first-order valence-electron chi connectivity index (χ1n) is 6.84. The van der Waals surface area contributed by atoms with Crippen LogP contribution in [0.25, 0.3) is 0 Å². The van der Waals surface area contributed by atoms with Crippen LogP contribution in [0.3, 0.4) is 0 Å². The molecule has 0 aromatic carbocycles. The quantitative estimate of drug-likeness (QED) is 0.802. The Bertz CT molecular complexity index is 554. The third-order valence-corrected chi connectivity index (χ3v) is 5.68. The van der Waals surface area contributed by atoms with Gasteiger partial charge in [-0.3, -0.25) is 5.10 Å². The summed E-state index contributed by atoms with van der Waals surface area (Å²) in [6, 6.07) is 0. The van der Waals surface area contributed by atoms with Crippen LogP contribution in [0.2, 0.25) is 0 Å². The molecule has 2 N–H and O–H groups in total. The summed E-state index contributed by atoms with van der Waals surface area (Å²) in [6.45, 7) is 4.98. The van der Waals surface area contributed by atoms with Gasteiger partial charge in [-0.2, -0.15) is 9.40 Å². The van der Waals surface area contributed by atoms with E-state index in [0.717, 1.165) is 19.5 Å². The first-order valence-corrected chi connectivity index (χ1v) is 8.28. The predicted molar refractivity (Wildman–Crippen MR) is 77.0 cm³/mol. The number of hydrogen-bond donors (Lipinski definition) is 2. The lowest BCUT2D eigenvalue weighted by molar-refractivity contribution is 0.347. The minimum absolute atomic E-state index is 0.330. The fourth-order valence-electron chi connectivity index (χ4n) is 2.49. The fourth-order valence-corrected chi connectivity index (χ4v) is 4.29. The second-order valence-electron chi connectivity index (χ2n) is 5.22. The van der Waals surface area contributed by atoms with Crippen LogP contribution in [0.5, 0.6) is 0 Å². The Hall–Kier alpha value is -0.960. The van der Waals surface area contributed by atoms with Crippen LogP contribution < -0.4 is 5.32 Å². The third kappa shape index (κ3) is 3.03. The summed E-state index contributed by atoms with van der Waals surface area (Å²) in [5.41, 5.74) is 1.16. The summed E-state index contributed by atoms with van der Waals surface area (Å²) in [4.78, 5) is 2.49. The number of rotatable bonds is 4. The van der Waals surface area contributed by atoms with E-state index in [-0.39, 0.29) is 0 Å². The Kier molecular flexibility index (Phi) is 4.79. The van der Waals surface area contributed by atoms with E-state index < -0.39 is 10.0 Å². The summed E-state index contributed by atoms with van der Waals surface area (Å²) < 4.78 is 27.3. The lowest BCUT2D eigenvalue weighted by Crippen LogP contribution is -2.35. The Labute approximate surface area is 120 Å². The molecule has 0 spiro atoms. The molecule has 0 bridgehead atoms. The second-order valence-corrected chi connectivity index (χ2v) is 7.09. The van der Waals surface area contributed by atoms with Gasteiger partial charge in [0, 0.05) is 26.2 Å². The SMILES string of the molecule is CNCc1n[nH]c(C)c1S(=O)(=O)N1CCCN(C)CC1. The van der Waals surface area contributed by atoms with Gasteiger partial charge in [-0.15, -0.1) is 0 Å². The van der Waals surface area contributed by atoms with Crippen LogP contribution in [0.1, 0.15) is 17.8 Å². The van der Waals surface area contributed by atoms with Crippen molar-refractivity contribution in [3.8, 4) is 0 Å². The van der Waals surface area contributed by atoms with Gasteiger partial charge >= 0.3 is 0 Å². The van der Waals surface area contributed by atoms with Gasteiger partial charge in [-0.05, 0) is 34.0 Å². The number of hydrogen-bond acceptors (Lipinski definition) is 5. The summed E-state index contributed by atoms with van der Waals surface area (Å²) >= 11 is 0. The lowest BCUT2D eigenvalue weighted by Gasteiger charge is -2.20. The topological polar surface area (TPSA) is 81.3 Å². The smallest absolute Gasteiger partial charge is 0.246 e. The summed E-state index contributed by atoms with van der Waals surface area (Å²) in [5.74, 6) is 0. The molecule has 0 unspecified atom stereocenters. The molecule has 2 heterocycles. The van der Waals surface area contributed by atoms with Crippen LogP contribution in [0.4, 0.5) is 0 Å². The van der Waals surface area contributed by atoms with Crippen LogP contribution >= 0.6 is 0 Å². The van der Waals surface area contributed by atoms with Crippen molar-refractivity contribution < 1.29 is 8.42 Å². The van der Waals surface area contributed by atoms with Gasteiger partial charge in [0.25, 0.3) is 0 Å². The molecule has 1 aromatic heterocycles. The summed E-state index contributed by atoms with van der Waals surface area (Å²) in [7, 11) is 0.323. The van der Waals surface area contributed by atoms with Crippen molar-refractivity contribution in [1.82, 2.24) is 24.7 Å². The molecule has 0 aliphatic carbocycles. The number of sulfonamides is 1. The Morgan fingerprint density at radius 3 is 2.75 bits per heavy atom. The molecule has 1 saturated heterocycles. The zero-order valence-electron chi connectivity index (χ0n) is 12.3.